The second-order valence-corrected chi connectivity index (χ2v) is 4.07. The number of hydrogen-bond donors (Lipinski definition) is 1. The molecule has 0 amide bonds. The molecule has 1 aromatic heterocycles. The maximum atomic E-state index is 10.7. The molecule has 4 nitrogen and oxygen atoms in total. The molecule has 1 aromatic carbocycles. The summed E-state index contributed by atoms with van der Waals surface area (Å²) < 4.78 is 4.76. The monoisotopic (exact) mass is 245 g/mol. The summed E-state index contributed by atoms with van der Waals surface area (Å²) in [4.78, 5) is 10.7. The van der Waals surface area contributed by atoms with Gasteiger partial charge < -0.3 is 9.63 Å². The molecule has 0 saturated heterocycles. The molecule has 94 valence electrons. The average Bonchev–Trinajstić information content (AvgIpc) is 2.87. The van der Waals surface area contributed by atoms with Crippen LogP contribution in [0.4, 0.5) is 0 Å². The largest absolute Gasteiger partial charge is 0.475 e. The van der Waals surface area contributed by atoms with Gasteiger partial charge in [0.2, 0.25) is 5.76 Å². The summed E-state index contributed by atoms with van der Waals surface area (Å²) in [6.07, 6.45) is 1.93. The Morgan fingerprint density at radius 2 is 1.94 bits per heavy atom. The summed E-state index contributed by atoms with van der Waals surface area (Å²) in [5, 5.41) is 12.6. The number of hydrogen-bond acceptors (Lipinski definition) is 3. The molecular weight excluding hydrogens is 230 g/mol. The fourth-order valence-corrected chi connectivity index (χ4v) is 1.97. The molecule has 4 heteroatoms. The molecule has 0 radical (unpaired) electrons. The zero-order chi connectivity index (χ0) is 13.1. The SMILES string of the molecule is CCc1ccc(-c2cc(C(=O)O)on2)cc1CC. The lowest BCUT2D eigenvalue weighted by atomic mass is 9.99. The van der Waals surface area contributed by atoms with E-state index in [9.17, 15) is 4.79 Å². The Kier molecular flexibility index (Phi) is 3.46. The highest BCUT2D eigenvalue weighted by atomic mass is 16.5. The van der Waals surface area contributed by atoms with Crippen molar-refractivity contribution >= 4 is 5.97 Å². The molecule has 0 spiro atoms. The average molecular weight is 245 g/mol. The third kappa shape index (κ3) is 2.27. The van der Waals surface area contributed by atoms with Gasteiger partial charge in [-0.1, -0.05) is 31.1 Å². The predicted molar refractivity (Wildman–Crippen MR) is 67.7 cm³/mol. The molecule has 0 aliphatic carbocycles. The van der Waals surface area contributed by atoms with E-state index in [0.29, 0.717) is 5.69 Å². The van der Waals surface area contributed by atoms with Gasteiger partial charge in [-0.25, -0.2) is 4.79 Å². The van der Waals surface area contributed by atoms with Crippen LogP contribution in [-0.2, 0) is 12.8 Å². The first-order valence-corrected chi connectivity index (χ1v) is 5.97. The number of rotatable bonds is 4. The molecule has 0 saturated carbocycles. The van der Waals surface area contributed by atoms with Gasteiger partial charge in [0.05, 0.1) is 0 Å². The number of nitrogens with zero attached hydrogens (tertiary/aromatic N) is 1. The van der Waals surface area contributed by atoms with E-state index in [1.807, 2.05) is 12.1 Å². The molecule has 0 bridgehead atoms. The molecule has 2 rings (SSSR count). The highest BCUT2D eigenvalue weighted by Crippen LogP contribution is 2.23. The summed E-state index contributed by atoms with van der Waals surface area (Å²) in [6, 6.07) is 7.50. The van der Waals surface area contributed by atoms with E-state index in [-0.39, 0.29) is 5.76 Å². The summed E-state index contributed by atoms with van der Waals surface area (Å²) >= 11 is 0. The summed E-state index contributed by atoms with van der Waals surface area (Å²) in [7, 11) is 0. The van der Waals surface area contributed by atoms with Crippen LogP contribution in [0.5, 0.6) is 0 Å². The lowest BCUT2D eigenvalue weighted by Gasteiger charge is -2.06. The van der Waals surface area contributed by atoms with E-state index in [4.69, 9.17) is 9.63 Å². The highest BCUT2D eigenvalue weighted by Gasteiger charge is 2.13. The minimum Gasteiger partial charge on any atom is -0.475 e. The van der Waals surface area contributed by atoms with Gasteiger partial charge in [-0.2, -0.15) is 0 Å². The molecular formula is C14H15NO3. The lowest BCUT2D eigenvalue weighted by molar-refractivity contribution is 0.0652. The van der Waals surface area contributed by atoms with E-state index in [1.54, 1.807) is 0 Å². The Balaban J connectivity index is 2.41. The van der Waals surface area contributed by atoms with Crippen LogP contribution in [0.2, 0.25) is 0 Å². The van der Waals surface area contributed by atoms with Crippen LogP contribution in [-0.4, -0.2) is 16.2 Å². The number of aromatic nitrogens is 1. The van der Waals surface area contributed by atoms with Crippen molar-refractivity contribution < 1.29 is 14.4 Å². The number of aryl methyl sites for hydroxylation is 2. The van der Waals surface area contributed by atoms with E-state index in [1.165, 1.54) is 17.2 Å². The molecule has 2 aromatic rings. The van der Waals surface area contributed by atoms with Crippen LogP contribution in [0.3, 0.4) is 0 Å². The maximum absolute atomic E-state index is 10.7. The van der Waals surface area contributed by atoms with Crippen molar-refractivity contribution in [1.29, 1.82) is 0 Å². The lowest BCUT2D eigenvalue weighted by Crippen LogP contribution is -1.92. The van der Waals surface area contributed by atoms with Gasteiger partial charge in [-0.15, -0.1) is 0 Å². The van der Waals surface area contributed by atoms with Gasteiger partial charge in [0.1, 0.15) is 5.69 Å². The third-order valence-electron chi connectivity index (χ3n) is 2.98. The minimum absolute atomic E-state index is 0.136. The zero-order valence-electron chi connectivity index (χ0n) is 10.4. The van der Waals surface area contributed by atoms with E-state index >= 15 is 0 Å². The van der Waals surface area contributed by atoms with E-state index in [0.717, 1.165) is 18.4 Å². The van der Waals surface area contributed by atoms with Gasteiger partial charge >= 0.3 is 5.97 Å². The number of carboxylic acids is 1. The number of aromatic carboxylic acids is 1. The molecule has 0 atom stereocenters. The second-order valence-electron chi connectivity index (χ2n) is 4.07. The van der Waals surface area contributed by atoms with E-state index in [2.05, 4.69) is 25.1 Å². The van der Waals surface area contributed by atoms with Crippen LogP contribution in [0.15, 0.2) is 28.8 Å². The highest BCUT2D eigenvalue weighted by molar-refractivity contribution is 5.85. The first kappa shape index (κ1) is 12.4. The molecule has 1 N–H and O–H groups in total. The smallest absolute Gasteiger partial charge is 0.374 e. The van der Waals surface area contributed by atoms with Gasteiger partial charge in [-0.3, -0.25) is 0 Å². The van der Waals surface area contributed by atoms with Crippen LogP contribution in [0.1, 0.15) is 35.5 Å². The van der Waals surface area contributed by atoms with Crippen LogP contribution < -0.4 is 0 Å². The Hall–Kier alpha value is -2.10. The molecule has 18 heavy (non-hydrogen) atoms. The Morgan fingerprint density at radius 1 is 1.22 bits per heavy atom. The Morgan fingerprint density at radius 3 is 2.50 bits per heavy atom. The normalized spacial score (nSPS) is 10.6. The van der Waals surface area contributed by atoms with Crippen LogP contribution in [0.25, 0.3) is 11.3 Å². The number of carbonyl (C=O) groups is 1. The number of benzene rings is 1. The van der Waals surface area contributed by atoms with Crippen molar-refractivity contribution in [3.8, 4) is 11.3 Å². The van der Waals surface area contributed by atoms with E-state index < -0.39 is 5.97 Å². The molecule has 1 heterocycles. The molecule has 0 aliphatic rings. The summed E-state index contributed by atoms with van der Waals surface area (Å²) in [5.41, 5.74) is 4.02. The van der Waals surface area contributed by atoms with Crippen LogP contribution >= 0.6 is 0 Å². The molecule has 0 aliphatic heterocycles. The second kappa shape index (κ2) is 5.04. The number of carboxylic acid groups (broad SMARTS) is 1. The third-order valence-corrected chi connectivity index (χ3v) is 2.98. The molecule has 0 unspecified atom stereocenters. The van der Waals surface area contributed by atoms with Crippen molar-refractivity contribution in [2.45, 2.75) is 26.7 Å². The minimum atomic E-state index is -1.10. The quantitative estimate of drug-likeness (QED) is 0.898. The fraction of sp³-hybridized carbons (Fsp3) is 0.286. The first-order chi connectivity index (χ1) is 8.65. The van der Waals surface area contributed by atoms with Crippen molar-refractivity contribution in [1.82, 2.24) is 5.16 Å². The fourth-order valence-electron chi connectivity index (χ4n) is 1.97. The van der Waals surface area contributed by atoms with Crippen molar-refractivity contribution in [2.75, 3.05) is 0 Å². The Bertz CT molecular complexity index is 572. The summed E-state index contributed by atoms with van der Waals surface area (Å²) in [5.74, 6) is -1.24. The maximum Gasteiger partial charge on any atom is 0.374 e. The standard InChI is InChI=1S/C14H15NO3/c1-3-9-5-6-11(7-10(9)4-2)12-8-13(14(16)17)18-15-12/h5-8H,3-4H2,1-2H3,(H,16,17). The van der Waals surface area contributed by atoms with Gasteiger partial charge in [-0.05, 0) is 30.0 Å². The van der Waals surface area contributed by atoms with Crippen molar-refractivity contribution in [3.05, 3.63) is 41.2 Å². The predicted octanol–water partition coefficient (Wildman–Crippen LogP) is 3.16. The van der Waals surface area contributed by atoms with Crippen molar-refractivity contribution in [3.63, 3.8) is 0 Å². The van der Waals surface area contributed by atoms with Gasteiger partial charge in [0.25, 0.3) is 0 Å². The van der Waals surface area contributed by atoms with Gasteiger partial charge in [0.15, 0.2) is 0 Å². The van der Waals surface area contributed by atoms with Crippen LogP contribution in [0, 0.1) is 0 Å². The van der Waals surface area contributed by atoms with Crippen molar-refractivity contribution in [2.24, 2.45) is 0 Å². The zero-order valence-corrected chi connectivity index (χ0v) is 10.4. The van der Waals surface area contributed by atoms with Gasteiger partial charge in [0, 0.05) is 11.6 Å². The summed E-state index contributed by atoms with van der Waals surface area (Å²) in [6.45, 7) is 4.22. The molecule has 0 fully saturated rings. The first-order valence-electron chi connectivity index (χ1n) is 5.97. The topological polar surface area (TPSA) is 63.3 Å². The Labute approximate surface area is 105 Å².